The Labute approximate surface area is 162 Å². The number of esters is 1. The first-order valence-electron chi connectivity index (χ1n) is 8.36. The normalized spacial score (nSPS) is 11.2. The number of sulfonamides is 1. The number of benzene rings is 2. The monoisotopic (exact) mass is 398 g/mol. The Balaban J connectivity index is 1.65. The second-order valence-corrected chi connectivity index (χ2v) is 8.18. The third kappa shape index (κ3) is 4.34. The highest BCUT2D eigenvalue weighted by atomic mass is 32.2. The van der Waals surface area contributed by atoms with Gasteiger partial charge in [-0.2, -0.15) is 0 Å². The Hall–Kier alpha value is -3.26. The summed E-state index contributed by atoms with van der Waals surface area (Å²) in [5, 5.41) is 0.897. The zero-order valence-corrected chi connectivity index (χ0v) is 16.1. The van der Waals surface area contributed by atoms with Gasteiger partial charge in [-0.25, -0.2) is 18.2 Å². The van der Waals surface area contributed by atoms with Gasteiger partial charge >= 0.3 is 5.97 Å². The number of anilines is 1. The highest BCUT2D eigenvalue weighted by molar-refractivity contribution is 7.92. The summed E-state index contributed by atoms with van der Waals surface area (Å²) in [5.74, 6) is -1.09. The molecule has 0 saturated carbocycles. The second kappa shape index (κ2) is 7.77. The second-order valence-electron chi connectivity index (χ2n) is 6.17. The van der Waals surface area contributed by atoms with Crippen molar-refractivity contribution in [2.75, 3.05) is 24.2 Å². The molecule has 0 fully saturated rings. The Bertz CT molecular complexity index is 1140. The van der Waals surface area contributed by atoms with Crippen LogP contribution in [-0.2, 0) is 14.8 Å². The van der Waals surface area contributed by atoms with Gasteiger partial charge in [-0.3, -0.25) is 9.10 Å². The Morgan fingerprint density at radius 1 is 1.00 bits per heavy atom. The lowest BCUT2D eigenvalue weighted by atomic mass is 10.1. The van der Waals surface area contributed by atoms with Crippen LogP contribution in [0.4, 0.5) is 5.69 Å². The molecule has 2 aromatic carbocycles. The molecule has 0 N–H and O–H groups in total. The van der Waals surface area contributed by atoms with Crippen molar-refractivity contribution in [2.45, 2.75) is 0 Å². The smallest absolute Gasteiger partial charge is 0.357 e. The molecule has 7 nitrogen and oxygen atoms in total. The fourth-order valence-electron chi connectivity index (χ4n) is 2.52. The van der Waals surface area contributed by atoms with E-state index in [4.69, 9.17) is 4.74 Å². The van der Waals surface area contributed by atoms with Crippen molar-refractivity contribution < 1.29 is 22.7 Å². The largest absolute Gasteiger partial charge is 0.453 e. The molecule has 0 radical (unpaired) electrons. The van der Waals surface area contributed by atoms with Crippen LogP contribution in [0.3, 0.4) is 0 Å². The molecular formula is C20H18N2O5S. The van der Waals surface area contributed by atoms with Crippen molar-refractivity contribution in [2.24, 2.45) is 0 Å². The summed E-state index contributed by atoms with van der Waals surface area (Å²) in [7, 11) is -1.96. The molecule has 0 amide bonds. The van der Waals surface area contributed by atoms with Crippen LogP contribution in [0.25, 0.3) is 10.9 Å². The molecule has 0 bridgehead atoms. The van der Waals surface area contributed by atoms with E-state index < -0.39 is 28.4 Å². The number of nitrogens with zero attached hydrogens (tertiary/aromatic N) is 2. The van der Waals surface area contributed by atoms with E-state index in [9.17, 15) is 18.0 Å². The SMILES string of the molecule is CN(c1ccc(C(=O)COC(=O)c2ccc3ccccc3n2)cc1)S(C)(=O)=O. The number of ether oxygens (including phenoxy) is 1. The minimum Gasteiger partial charge on any atom is -0.453 e. The summed E-state index contributed by atoms with van der Waals surface area (Å²) in [6.07, 6.45) is 1.09. The molecule has 0 unspecified atom stereocenters. The van der Waals surface area contributed by atoms with Crippen molar-refractivity contribution >= 4 is 38.4 Å². The van der Waals surface area contributed by atoms with Gasteiger partial charge in [0.15, 0.2) is 12.4 Å². The van der Waals surface area contributed by atoms with Crippen molar-refractivity contribution in [3.63, 3.8) is 0 Å². The van der Waals surface area contributed by atoms with E-state index in [0.717, 1.165) is 15.9 Å². The standard InChI is InChI=1S/C20H18N2O5S/c1-22(28(2,25)26)16-10-7-15(8-11-16)19(23)13-27-20(24)18-12-9-14-5-3-4-6-17(14)21-18/h3-12H,13H2,1-2H3. The van der Waals surface area contributed by atoms with Gasteiger partial charge in [0.05, 0.1) is 17.5 Å². The summed E-state index contributed by atoms with van der Waals surface area (Å²) in [6, 6.07) is 16.7. The summed E-state index contributed by atoms with van der Waals surface area (Å²) < 4.78 is 29.3. The first-order chi connectivity index (χ1) is 13.3. The number of fused-ring (bicyclic) bond motifs is 1. The first kappa shape index (κ1) is 19.5. The van der Waals surface area contributed by atoms with Gasteiger partial charge in [-0.15, -0.1) is 0 Å². The van der Waals surface area contributed by atoms with Gasteiger partial charge < -0.3 is 4.74 Å². The fourth-order valence-corrected chi connectivity index (χ4v) is 3.02. The highest BCUT2D eigenvalue weighted by Crippen LogP contribution is 2.17. The van der Waals surface area contributed by atoms with E-state index in [1.807, 2.05) is 18.2 Å². The van der Waals surface area contributed by atoms with E-state index in [0.29, 0.717) is 16.8 Å². The number of carbonyl (C=O) groups excluding carboxylic acids is 2. The molecule has 0 atom stereocenters. The van der Waals surface area contributed by atoms with Crippen LogP contribution in [0.1, 0.15) is 20.8 Å². The average Bonchev–Trinajstić information content (AvgIpc) is 2.70. The Morgan fingerprint density at radius 2 is 1.68 bits per heavy atom. The highest BCUT2D eigenvalue weighted by Gasteiger charge is 2.15. The van der Waals surface area contributed by atoms with Gasteiger partial charge in [-0.1, -0.05) is 24.3 Å². The van der Waals surface area contributed by atoms with Gasteiger partial charge in [0.1, 0.15) is 5.69 Å². The summed E-state index contributed by atoms with van der Waals surface area (Å²) in [4.78, 5) is 28.6. The Morgan fingerprint density at radius 3 is 2.36 bits per heavy atom. The molecule has 1 heterocycles. The number of hydrogen-bond donors (Lipinski definition) is 0. The topological polar surface area (TPSA) is 93.6 Å². The number of Topliss-reactive ketones (excluding diaryl/α,β-unsaturated/α-hetero) is 1. The van der Waals surface area contributed by atoms with Crippen LogP contribution in [0.15, 0.2) is 60.7 Å². The number of carbonyl (C=O) groups is 2. The predicted octanol–water partition coefficient (Wildman–Crippen LogP) is 2.67. The third-order valence-corrected chi connectivity index (χ3v) is 5.40. The molecule has 0 aliphatic heterocycles. The van der Waals surface area contributed by atoms with Crippen LogP contribution in [0, 0.1) is 0 Å². The molecule has 0 spiro atoms. The third-order valence-electron chi connectivity index (χ3n) is 4.19. The maximum Gasteiger partial charge on any atom is 0.357 e. The lowest BCUT2D eigenvalue weighted by Crippen LogP contribution is -2.24. The quantitative estimate of drug-likeness (QED) is 0.468. The molecule has 28 heavy (non-hydrogen) atoms. The van der Waals surface area contributed by atoms with E-state index in [1.165, 1.54) is 31.3 Å². The number of hydrogen-bond acceptors (Lipinski definition) is 6. The van der Waals surface area contributed by atoms with Crippen LogP contribution in [-0.4, -0.2) is 45.1 Å². The minimum atomic E-state index is -3.38. The molecule has 3 aromatic rings. The van der Waals surface area contributed by atoms with Crippen molar-refractivity contribution in [1.82, 2.24) is 4.98 Å². The lowest BCUT2D eigenvalue weighted by molar-refractivity contribution is 0.0469. The first-order valence-corrected chi connectivity index (χ1v) is 10.2. The van der Waals surface area contributed by atoms with Crippen LogP contribution >= 0.6 is 0 Å². The summed E-state index contributed by atoms with van der Waals surface area (Å²) in [5.41, 5.74) is 1.52. The maximum absolute atomic E-state index is 12.2. The number of ketones is 1. The molecule has 144 valence electrons. The molecule has 0 aliphatic carbocycles. The van der Waals surface area contributed by atoms with Crippen molar-refractivity contribution in [3.8, 4) is 0 Å². The van der Waals surface area contributed by atoms with E-state index >= 15 is 0 Å². The van der Waals surface area contributed by atoms with Gasteiger partial charge in [0.25, 0.3) is 0 Å². The van der Waals surface area contributed by atoms with Crippen LogP contribution < -0.4 is 4.31 Å². The fraction of sp³-hybridized carbons (Fsp3) is 0.150. The van der Waals surface area contributed by atoms with Crippen molar-refractivity contribution in [3.05, 3.63) is 71.9 Å². The molecule has 0 saturated heterocycles. The molecule has 0 aliphatic rings. The lowest BCUT2D eigenvalue weighted by Gasteiger charge is -2.16. The van der Waals surface area contributed by atoms with Gasteiger partial charge in [0, 0.05) is 18.0 Å². The minimum absolute atomic E-state index is 0.122. The molecule has 3 rings (SSSR count). The predicted molar refractivity (Wildman–Crippen MR) is 106 cm³/mol. The zero-order chi connectivity index (χ0) is 20.3. The number of pyridine rings is 1. The molecule has 8 heteroatoms. The summed E-state index contributed by atoms with van der Waals surface area (Å²) in [6.45, 7) is -0.436. The van der Waals surface area contributed by atoms with Gasteiger partial charge in [-0.05, 0) is 36.4 Å². The van der Waals surface area contributed by atoms with Crippen LogP contribution in [0.5, 0.6) is 0 Å². The molecular weight excluding hydrogens is 380 g/mol. The Kier molecular flexibility index (Phi) is 5.41. The number of rotatable bonds is 6. The number of aromatic nitrogens is 1. The van der Waals surface area contributed by atoms with E-state index in [2.05, 4.69) is 4.98 Å². The zero-order valence-electron chi connectivity index (χ0n) is 15.3. The van der Waals surface area contributed by atoms with E-state index in [1.54, 1.807) is 18.2 Å². The van der Waals surface area contributed by atoms with Crippen LogP contribution in [0.2, 0.25) is 0 Å². The van der Waals surface area contributed by atoms with Gasteiger partial charge in [0.2, 0.25) is 10.0 Å². The van der Waals surface area contributed by atoms with E-state index in [-0.39, 0.29) is 5.69 Å². The summed E-state index contributed by atoms with van der Waals surface area (Å²) >= 11 is 0. The average molecular weight is 398 g/mol. The number of para-hydroxylation sites is 1. The molecule has 1 aromatic heterocycles. The maximum atomic E-state index is 12.2. The van der Waals surface area contributed by atoms with Crippen molar-refractivity contribution in [1.29, 1.82) is 0 Å².